The van der Waals surface area contributed by atoms with Crippen LogP contribution in [0.2, 0.25) is 0 Å². The highest BCUT2D eigenvalue weighted by Crippen LogP contribution is 2.61. The number of carbonyl (C=O) groups is 1. The summed E-state index contributed by atoms with van der Waals surface area (Å²) in [6.07, 6.45) is 11.0. The highest BCUT2D eigenvalue weighted by molar-refractivity contribution is 5.84. The zero-order valence-corrected chi connectivity index (χ0v) is 21.4. The van der Waals surface area contributed by atoms with Crippen molar-refractivity contribution in [1.82, 2.24) is 29.7 Å². The molecule has 0 radical (unpaired) electrons. The summed E-state index contributed by atoms with van der Waals surface area (Å²) in [5.41, 5.74) is 1.70. The Morgan fingerprint density at radius 1 is 1.00 bits per heavy atom. The van der Waals surface area contributed by atoms with E-state index in [2.05, 4.69) is 55.1 Å². The van der Waals surface area contributed by atoms with Gasteiger partial charge < -0.3 is 14.5 Å². The van der Waals surface area contributed by atoms with Crippen molar-refractivity contribution in [3.05, 3.63) is 30.5 Å². The average Bonchev–Trinajstić information content (AvgIpc) is 3.57. The summed E-state index contributed by atoms with van der Waals surface area (Å²) in [7, 11) is 2.19. The third-order valence-corrected chi connectivity index (χ3v) is 9.95. The van der Waals surface area contributed by atoms with Crippen molar-refractivity contribution in [2.24, 2.45) is 5.41 Å². The van der Waals surface area contributed by atoms with Crippen LogP contribution in [0.15, 0.2) is 30.5 Å². The minimum Gasteiger partial charge on any atom is -0.490 e. The molecule has 192 valence electrons. The summed E-state index contributed by atoms with van der Waals surface area (Å²) < 4.78 is 8.09. The highest BCUT2D eigenvalue weighted by Gasteiger charge is 2.61. The predicted octanol–water partition coefficient (Wildman–Crippen LogP) is 2.99. The van der Waals surface area contributed by atoms with Crippen LogP contribution < -0.4 is 4.74 Å². The van der Waals surface area contributed by atoms with E-state index >= 15 is 0 Å². The number of hydrogen-bond acceptors (Lipinski definition) is 6. The molecule has 3 aliphatic carbocycles. The number of fused-ring (bicyclic) bond motifs is 2. The summed E-state index contributed by atoms with van der Waals surface area (Å²) in [5, 5.41) is 9.11. The van der Waals surface area contributed by atoms with E-state index in [0.29, 0.717) is 18.1 Å². The van der Waals surface area contributed by atoms with Crippen LogP contribution in [0.4, 0.5) is 0 Å². The average molecular weight is 491 g/mol. The highest BCUT2D eigenvalue weighted by atomic mass is 16.5. The summed E-state index contributed by atoms with van der Waals surface area (Å²) >= 11 is 0. The third-order valence-electron chi connectivity index (χ3n) is 9.95. The maximum atomic E-state index is 13.7. The number of piperazine rings is 1. The Balaban J connectivity index is 0.991. The number of aromatic nitrogens is 3. The molecule has 3 heterocycles. The lowest BCUT2D eigenvalue weighted by Gasteiger charge is -2.49. The predicted molar refractivity (Wildman–Crippen MR) is 137 cm³/mol. The lowest BCUT2D eigenvalue weighted by atomic mass is 9.81. The number of nitrogens with zero attached hydrogens (tertiary/aromatic N) is 6. The number of hydrogen-bond donors (Lipinski definition) is 0. The SMILES string of the molecule is CN1CCN(C2CN(C(=O)C34CCC(n5cc(-c6ccc(OC7CCC7)cc6)nn5)(CC3)C4)C2)CC1. The second-order valence-electron chi connectivity index (χ2n) is 12.1. The first-order chi connectivity index (χ1) is 17.5. The van der Waals surface area contributed by atoms with Gasteiger partial charge in [0, 0.05) is 50.9 Å². The van der Waals surface area contributed by atoms with Gasteiger partial charge in [-0.1, -0.05) is 5.21 Å². The normalized spacial score (nSPS) is 31.4. The molecule has 0 atom stereocenters. The number of amides is 1. The van der Waals surface area contributed by atoms with E-state index in [1.165, 1.54) is 6.42 Å². The Morgan fingerprint density at radius 3 is 2.39 bits per heavy atom. The molecular formula is C28H38N6O2. The number of likely N-dealkylation sites (N-methyl/N-ethyl adjacent to an activating group) is 1. The number of carbonyl (C=O) groups excluding carboxylic acids is 1. The van der Waals surface area contributed by atoms with Gasteiger partial charge in [-0.05, 0) is 82.7 Å². The molecule has 2 saturated heterocycles. The minimum atomic E-state index is -0.195. The first-order valence-corrected chi connectivity index (χ1v) is 13.9. The molecule has 0 unspecified atom stereocenters. The van der Waals surface area contributed by atoms with Crippen LogP contribution in [0.3, 0.4) is 0 Å². The summed E-state index contributed by atoms with van der Waals surface area (Å²) in [5.74, 6) is 1.33. The maximum Gasteiger partial charge on any atom is 0.228 e. The number of likely N-dealkylation sites (tertiary alicyclic amines) is 1. The Bertz CT molecular complexity index is 1100. The number of rotatable bonds is 6. The number of benzene rings is 1. The van der Waals surface area contributed by atoms with Crippen molar-refractivity contribution in [2.75, 3.05) is 46.3 Å². The monoisotopic (exact) mass is 490 g/mol. The van der Waals surface area contributed by atoms with Gasteiger partial charge >= 0.3 is 0 Å². The first-order valence-electron chi connectivity index (χ1n) is 13.9. The van der Waals surface area contributed by atoms with Crippen molar-refractivity contribution in [1.29, 1.82) is 0 Å². The molecule has 36 heavy (non-hydrogen) atoms. The Hall–Kier alpha value is -2.45. The van der Waals surface area contributed by atoms with Gasteiger partial charge in [-0.25, -0.2) is 4.68 Å². The van der Waals surface area contributed by atoms with Crippen LogP contribution in [0.1, 0.15) is 51.4 Å². The fourth-order valence-corrected chi connectivity index (χ4v) is 7.16. The maximum absolute atomic E-state index is 13.7. The smallest absolute Gasteiger partial charge is 0.228 e. The largest absolute Gasteiger partial charge is 0.490 e. The fourth-order valence-electron chi connectivity index (χ4n) is 7.16. The van der Waals surface area contributed by atoms with E-state index < -0.39 is 0 Å². The molecule has 3 saturated carbocycles. The van der Waals surface area contributed by atoms with Crippen LogP contribution >= 0.6 is 0 Å². The molecule has 0 N–H and O–H groups in total. The van der Waals surface area contributed by atoms with E-state index in [-0.39, 0.29) is 11.0 Å². The van der Waals surface area contributed by atoms with Gasteiger partial charge in [0.25, 0.3) is 0 Å². The van der Waals surface area contributed by atoms with Crippen molar-refractivity contribution >= 4 is 5.91 Å². The third kappa shape index (κ3) is 3.76. The molecular weight excluding hydrogens is 452 g/mol. The van der Waals surface area contributed by atoms with Crippen LogP contribution in [-0.2, 0) is 10.3 Å². The molecule has 8 heteroatoms. The van der Waals surface area contributed by atoms with Crippen molar-refractivity contribution in [3.8, 4) is 17.0 Å². The molecule has 1 aromatic carbocycles. The second-order valence-corrected chi connectivity index (χ2v) is 12.1. The van der Waals surface area contributed by atoms with E-state index in [1.54, 1.807) is 0 Å². The van der Waals surface area contributed by atoms with Crippen molar-refractivity contribution < 1.29 is 9.53 Å². The van der Waals surface area contributed by atoms with Gasteiger partial charge in [0.2, 0.25) is 5.91 Å². The Kier molecular flexibility index (Phi) is 5.40. The lowest BCUT2D eigenvalue weighted by Crippen LogP contribution is -2.65. The van der Waals surface area contributed by atoms with Gasteiger partial charge in [-0.3, -0.25) is 9.69 Å². The quantitative estimate of drug-likeness (QED) is 0.620. The van der Waals surface area contributed by atoms with Gasteiger partial charge in [-0.15, -0.1) is 5.10 Å². The number of ether oxygens (including phenoxy) is 1. The molecule has 2 bridgehead atoms. The van der Waals surface area contributed by atoms with Crippen LogP contribution in [-0.4, -0.2) is 94.1 Å². The van der Waals surface area contributed by atoms with E-state index in [4.69, 9.17) is 4.74 Å². The zero-order chi connectivity index (χ0) is 24.3. The van der Waals surface area contributed by atoms with E-state index in [9.17, 15) is 4.79 Å². The zero-order valence-electron chi connectivity index (χ0n) is 21.4. The second kappa shape index (κ2) is 8.55. The fraction of sp³-hybridized carbons (Fsp3) is 0.679. The Morgan fingerprint density at radius 2 is 1.72 bits per heavy atom. The molecule has 5 fully saturated rings. The van der Waals surface area contributed by atoms with Gasteiger partial charge in [0.15, 0.2) is 0 Å². The summed E-state index contributed by atoms with van der Waals surface area (Å²) in [4.78, 5) is 20.8. The van der Waals surface area contributed by atoms with Gasteiger partial charge in [0.05, 0.1) is 23.3 Å². The molecule has 2 aromatic rings. The molecule has 1 aromatic heterocycles. The standard InChI is InChI=1S/C28H38N6O2/c1-31-13-15-32(16-14-31)22-17-33(18-22)26(35)27-9-11-28(20-27,12-10-27)34-19-25(29-30-34)21-5-7-24(8-6-21)36-23-3-2-4-23/h5-8,19,22-23H,2-4,9-18,20H2,1H3. The molecule has 1 amide bonds. The molecule has 7 rings (SSSR count). The van der Waals surface area contributed by atoms with Crippen LogP contribution in [0.25, 0.3) is 11.3 Å². The topological polar surface area (TPSA) is 66.7 Å². The molecule has 8 nitrogen and oxygen atoms in total. The van der Waals surface area contributed by atoms with Crippen molar-refractivity contribution in [3.63, 3.8) is 0 Å². The first kappa shape index (κ1) is 22.7. The minimum absolute atomic E-state index is 0.0596. The summed E-state index contributed by atoms with van der Waals surface area (Å²) in [6.45, 7) is 6.34. The van der Waals surface area contributed by atoms with Gasteiger partial charge in [-0.2, -0.15) is 0 Å². The lowest BCUT2D eigenvalue weighted by molar-refractivity contribution is -0.150. The Labute approximate surface area is 213 Å². The van der Waals surface area contributed by atoms with Crippen LogP contribution in [0.5, 0.6) is 5.75 Å². The van der Waals surface area contributed by atoms with E-state index in [0.717, 1.165) is 101 Å². The van der Waals surface area contributed by atoms with Gasteiger partial charge in [0.1, 0.15) is 11.4 Å². The van der Waals surface area contributed by atoms with Crippen molar-refractivity contribution in [2.45, 2.75) is 69.1 Å². The molecule has 5 aliphatic rings. The molecule has 2 aliphatic heterocycles. The van der Waals surface area contributed by atoms with E-state index in [1.807, 2.05) is 12.1 Å². The summed E-state index contributed by atoms with van der Waals surface area (Å²) in [6, 6.07) is 8.80. The molecule has 0 spiro atoms. The van der Waals surface area contributed by atoms with Crippen LogP contribution in [0, 0.1) is 5.41 Å².